The van der Waals surface area contributed by atoms with Crippen molar-refractivity contribution >= 4 is 17.2 Å². The molecule has 144 valence electrons. The lowest BCUT2D eigenvalue weighted by Crippen LogP contribution is -2.33. The van der Waals surface area contributed by atoms with Crippen LogP contribution in [0.1, 0.15) is 48.9 Å². The maximum absolute atomic E-state index is 9.21. The number of aromatic nitrogens is 1. The van der Waals surface area contributed by atoms with E-state index in [4.69, 9.17) is 15.6 Å². The molecule has 0 amide bonds. The van der Waals surface area contributed by atoms with Gasteiger partial charge >= 0.3 is 0 Å². The summed E-state index contributed by atoms with van der Waals surface area (Å²) >= 11 is 0. The van der Waals surface area contributed by atoms with Gasteiger partial charge in [-0.05, 0) is 49.9 Å². The first kappa shape index (κ1) is 18.3. The van der Waals surface area contributed by atoms with E-state index in [9.17, 15) is 5.26 Å². The summed E-state index contributed by atoms with van der Waals surface area (Å²) < 4.78 is 5.39. The largest absolute Gasteiger partial charge is 0.495 e. The molecule has 0 radical (unpaired) electrons. The van der Waals surface area contributed by atoms with E-state index in [2.05, 4.69) is 16.1 Å². The maximum Gasteiger partial charge on any atom is 0.149 e. The van der Waals surface area contributed by atoms with Gasteiger partial charge in [-0.25, -0.2) is 9.99 Å². The van der Waals surface area contributed by atoms with Crippen molar-refractivity contribution in [3.05, 3.63) is 47.2 Å². The van der Waals surface area contributed by atoms with Gasteiger partial charge in [0.05, 0.1) is 35.8 Å². The van der Waals surface area contributed by atoms with Gasteiger partial charge in [-0.1, -0.05) is 18.9 Å². The van der Waals surface area contributed by atoms with E-state index in [0.29, 0.717) is 29.0 Å². The average Bonchev–Trinajstić information content (AvgIpc) is 3.38. The highest BCUT2D eigenvalue weighted by Gasteiger charge is 2.36. The molecule has 1 aliphatic carbocycles. The van der Waals surface area contributed by atoms with E-state index >= 15 is 0 Å². The molecule has 1 fully saturated rings. The van der Waals surface area contributed by atoms with Crippen LogP contribution < -0.4 is 15.5 Å². The van der Waals surface area contributed by atoms with Crippen LogP contribution in [-0.4, -0.2) is 23.8 Å². The normalized spacial score (nSPS) is 19.5. The van der Waals surface area contributed by atoms with E-state index in [1.807, 2.05) is 37.3 Å². The van der Waals surface area contributed by atoms with E-state index in [0.717, 1.165) is 29.2 Å². The molecule has 0 bridgehead atoms. The van der Waals surface area contributed by atoms with Gasteiger partial charge in [0.2, 0.25) is 0 Å². The molecule has 2 aliphatic rings. The predicted octanol–water partition coefficient (Wildman–Crippen LogP) is 4.03. The second-order valence-corrected chi connectivity index (χ2v) is 7.58. The zero-order valence-corrected chi connectivity index (χ0v) is 16.4. The number of hydrogen-bond donors (Lipinski definition) is 1. The van der Waals surface area contributed by atoms with Gasteiger partial charge < -0.3 is 10.5 Å². The number of pyridine rings is 1. The van der Waals surface area contributed by atoms with E-state index in [1.165, 1.54) is 25.7 Å². The third-order valence-electron chi connectivity index (χ3n) is 5.88. The molecule has 6 heteroatoms. The van der Waals surface area contributed by atoms with Gasteiger partial charge in [0.15, 0.2) is 0 Å². The number of hydrogen-bond acceptors (Lipinski definition) is 6. The van der Waals surface area contributed by atoms with Crippen molar-refractivity contribution in [2.75, 3.05) is 17.9 Å². The molecule has 2 N–H and O–H groups in total. The maximum atomic E-state index is 9.21. The summed E-state index contributed by atoms with van der Waals surface area (Å²) in [5.41, 5.74) is 10.00. The summed E-state index contributed by atoms with van der Waals surface area (Å²) in [6.45, 7) is 1.87. The Balaban J connectivity index is 1.72. The number of nitriles is 1. The highest BCUT2D eigenvalue weighted by molar-refractivity contribution is 6.03. The number of nitrogens with zero attached hydrogens (tertiary/aromatic N) is 4. The second kappa shape index (κ2) is 7.51. The van der Waals surface area contributed by atoms with Crippen LogP contribution in [0.15, 0.2) is 35.4 Å². The minimum atomic E-state index is 0.292. The summed E-state index contributed by atoms with van der Waals surface area (Å²) in [6, 6.07) is 12.1. The number of ether oxygens (including phenoxy) is 1. The number of benzene rings is 1. The number of hydrazone groups is 1. The molecule has 1 aromatic heterocycles. The Hall–Kier alpha value is -3.07. The zero-order chi connectivity index (χ0) is 19.7. The highest BCUT2D eigenvalue weighted by atomic mass is 16.5. The van der Waals surface area contributed by atoms with Crippen molar-refractivity contribution in [1.29, 1.82) is 5.26 Å². The van der Waals surface area contributed by atoms with Crippen LogP contribution >= 0.6 is 0 Å². The van der Waals surface area contributed by atoms with Crippen LogP contribution in [-0.2, 0) is 0 Å². The number of nitrogens with two attached hydrogens (primary N) is 1. The van der Waals surface area contributed by atoms with E-state index < -0.39 is 0 Å². The molecular formula is C22H25N5O. The average molecular weight is 375 g/mol. The van der Waals surface area contributed by atoms with Crippen molar-refractivity contribution in [3.63, 3.8) is 0 Å². The van der Waals surface area contributed by atoms with E-state index in [-0.39, 0.29) is 0 Å². The standard InChI is InChI=1S/C22H25N5O/c1-14-17(13-23)8-10-22(25-14)27-20(15-5-3-4-6-15)12-19(26-27)16-7-9-18(24)21(11-16)28-2/h7-11,15,20H,3-6,12,24H2,1-2H3/t20-/m1/s1. The minimum Gasteiger partial charge on any atom is -0.495 e. The highest BCUT2D eigenvalue weighted by Crippen LogP contribution is 2.38. The van der Waals surface area contributed by atoms with Crippen molar-refractivity contribution < 1.29 is 4.74 Å². The lowest BCUT2D eigenvalue weighted by Gasteiger charge is -2.27. The topological polar surface area (TPSA) is 87.5 Å². The number of nitrogen functional groups attached to an aromatic ring is 1. The van der Waals surface area contributed by atoms with Crippen molar-refractivity contribution in [1.82, 2.24) is 4.98 Å². The molecule has 0 spiro atoms. The number of rotatable bonds is 4. The number of aryl methyl sites for hydroxylation is 1. The Kier molecular flexibility index (Phi) is 4.91. The Morgan fingerprint density at radius 1 is 1.21 bits per heavy atom. The fraction of sp³-hybridized carbons (Fsp3) is 0.409. The quantitative estimate of drug-likeness (QED) is 0.815. The molecule has 1 aliphatic heterocycles. The SMILES string of the molecule is COc1cc(C2=NN(c3ccc(C#N)c(C)n3)[C@@H](C3CCCC3)C2)ccc1N. The Morgan fingerprint density at radius 3 is 2.68 bits per heavy atom. The first-order chi connectivity index (χ1) is 13.6. The molecule has 2 aromatic rings. The zero-order valence-electron chi connectivity index (χ0n) is 16.4. The monoisotopic (exact) mass is 375 g/mol. The molecule has 1 aromatic carbocycles. The molecule has 2 heterocycles. The Bertz CT molecular complexity index is 956. The Morgan fingerprint density at radius 2 is 2.00 bits per heavy atom. The van der Waals surface area contributed by atoms with Gasteiger partial charge in [-0.2, -0.15) is 10.4 Å². The van der Waals surface area contributed by atoms with Crippen LogP contribution in [0.3, 0.4) is 0 Å². The summed E-state index contributed by atoms with van der Waals surface area (Å²) in [7, 11) is 1.63. The van der Waals surface area contributed by atoms with Gasteiger partial charge in [-0.15, -0.1) is 0 Å². The molecule has 4 rings (SSSR count). The molecule has 28 heavy (non-hydrogen) atoms. The van der Waals surface area contributed by atoms with Gasteiger partial charge in [0.25, 0.3) is 0 Å². The van der Waals surface area contributed by atoms with Crippen LogP contribution in [0.25, 0.3) is 0 Å². The summed E-state index contributed by atoms with van der Waals surface area (Å²) in [4.78, 5) is 4.68. The van der Waals surface area contributed by atoms with Gasteiger partial charge in [0.1, 0.15) is 17.6 Å². The van der Waals surface area contributed by atoms with Gasteiger partial charge in [0, 0.05) is 12.0 Å². The number of methoxy groups -OCH3 is 1. The molecule has 1 atom stereocenters. The van der Waals surface area contributed by atoms with Crippen molar-refractivity contribution in [2.24, 2.45) is 11.0 Å². The fourth-order valence-corrected chi connectivity index (χ4v) is 4.32. The second-order valence-electron chi connectivity index (χ2n) is 7.58. The summed E-state index contributed by atoms with van der Waals surface area (Å²) in [5.74, 6) is 2.09. The molecule has 1 saturated carbocycles. The summed E-state index contributed by atoms with van der Waals surface area (Å²) in [6.07, 6.45) is 5.88. The van der Waals surface area contributed by atoms with Crippen molar-refractivity contribution in [3.8, 4) is 11.8 Å². The number of anilines is 2. The molecule has 0 unspecified atom stereocenters. The predicted molar refractivity (Wildman–Crippen MR) is 110 cm³/mol. The van der Waals surface area contributed by atoms with E-state index in [1.54, 1.807) is 7.11 Å². The Labute approximate surface area is 165 Å². The lowest BCUT2D eigenvalue weighted by molar-refractivity contribution is 0.417. The smallest absolute Gasteiger partial charge is 0.149 e. The summed E-state index contributed by atoms with van der Waals surface area (Å²) in [5, 5.41) is 16.2. The molecular weight excluding hydrogens is 350 g/mol. The first-order valence-corrected chi connectivity index (χ1v) is 9.79. The third kappa shape index (κ3) is 3.29. The minimum absolute atomic E-state index is 0.292. The molecule has 6 nitrogen and oxygen atoms in total. The fourth-order valence-electron chi connectivity index (χ4n) is 4.32. The van der Waals surface area contributed by atoms with Crippen molar-refractivity contribution in [2.45, 2.75) is 45.1 Å². The van der Waals surface area contributed by atoms with Crippen LogP contribution in [0, 0.1) is 24.2 Å². The third-order valence-corrected chi connectivity index (χ3v) is 5.88. The lowest BCUT2D eigenvalue weighted by atomic mass is 9.92. The van der Waals surface area contributed by atoms with Crippen LogP contribution in [0.2, 0.25) is 0 Å². The van der Waals surface area contributed by atoms with Gasteiger partial charge in [-0.3, -0.25) is 0 Å². The van der Waals surface area contributed by atoms with Crippen LogP contribution in [0.5, 0.6) is 5.75 Å². The van der Waals surface area contributed by atoms with Crippen LogP contribution in [0.4, 0.5) is 11.5 Å². The first-order valence-electron chi connectivity index (χ1n) is 9.79. The molecule has 0 saturated heterocycles.